The third-order valence-electron chi connectivity index (χ3n) is 6.71. The van der Waals surface area contributed by atoms with Crippen molar-refractivity contribution in [2.45, 2.75) is 77.3 Å². The van der Waals surface area contributed by atoms with E-state index in [-0.39, 0.29) is 30.3 Å². The normalized spacial score (nSPS) is 32.6. The van der Waals surface area contributed by atoms with Gasteiger partial charge in [-0.15, -0.1) is 0 Å². The van der Waals surface area contributed by atoms with Crippen molar-refractivity contribution in [2.75, 3.05) is 0 Å². The molecule has 2 aromatic carbocycles. The maximum Gasteiger partial charge on any atom is 0.231 e. The zero-order valence-electron chi connectivity index (χ0n) is 19.1. The summed E-state index contributed by atoms with van der Waals surface area (Å²) >= 11 is 0. The lowest BCUT2D eigenvalue weighted by Gasteiger charge is -2.55. The molecular weight excluding hydrogens is 406 g/mol. The predicted octanol–water partition coefficient (Wildman–Crippen LogP) is 3.89. The maximum atomic E-state index is 13.1. The van der Waals surface area contributed by atoms with Gasteiger partial charge in [-0.05, 0) is 38.8 Å². The number of carbonyl (C=O) groups excluding carboxylic acids is 1. The number of rotatable bonds is 6. The maximum absolute atomic E-state index is 13.1. The lowest BCUT2D eigenvalue weighted by atomic mass is 9.70. The van der Waals surface area contributed by atoms with Crippen molar-refractivity contribution >= 4 is 5.91 Å². The topological polar surface area (TPSA) is 57.2 Å². The third kappa shape index (κ3) is 3.75. The van der Waals surface area contributed by atoms with E-state index in [9.17, 15) is 4.79 Å². The van der Waals surface area contributed by atoms with E-state index in [1.807, 2.05) is 93.3 Å². The Balaban J connectivity index is 1.40. The highest BCUT2D eigenvalue weighted by atomic mass is 16.8. The molecule has 0 radical (unpaired) electrons. The second-order valence-corrected chi connectivity index (χ2v) is 9.92. The van der Waals surface area contributed by atoms with Gasteiger partial charge >= 0.3 is 0 Å². The van der Waals surface area contributed by atoms with Crippen LogP contribution in [0.3, 0.4) is 0 Å². The van der Waals surface area contributed by atoms with E-state index < -0.39 is 17.5 Å². The largest absolute Gasteiger partial charge is 0.368 e. The number of amides is 1. The summed E-state index contributed by atoms with van der Waals surface area (Å²) in [6.07, 6.45) is -1.55. The number of likely N-dealkylation sites (tertiary alicyclic amines) is 1. The predicted molar refractivity (Wildman–Crippen MR) is 118 cm³/mol. The van der Waals surface area contributed by atoms with Crippen molar-refractivity contribution in [1.29, 1.82) is 0 Å². The minimum Gasteiger partial charge on any atom is -0.368 e. The molecule has 0 spiro atoms. The van der Waals surface area contributed by atoms with Crippen LogP contribution in [0.25, 0.3) is 0 Å². The number of hydrogen-bond acceptors (Lipinski definition) is 5. The first kappa shape index (κ1) is 21.6. The molecule has 3 heterocycles. The average Bonchev–Trinajstić information content (AvgIpc) is 3.24. The zero-order valence-corrected chi connectivity index (χ0v) is 19.1. The van der Waals surface area contributed by atoms with E-state index in [2.05, 4.69) is 0 Å². The Bertz CT molecular complexity index is 961. The fourth-order valence-electron chi connectivity index (χ4n) is 5.20. The second kappa shape index (κ2) is 7.96. The molecule has 6 heteroatoms. The fourth-order valence-corrected chi connectivity index (χ4v) is 5.20. The zero-order chi connectivity index (χ0) is 22.5. The molecule has 0 saturated carbocycles. The summed E-state index contributed by atoms with van der Waals surface area (Å²) in [6.45, 7) is 8.73. The molecule has 3 fully saturated rings. The lowest BCUT2D eigenvalue weighted by molar-refractivity contribution is -0.242. The Kier molecular flexibility index (Phi) is 5.37. The van der Waals surface area contributed by atoms with E-state index in [0.29, 0.717) is 13.2 Å². The molecule has 0 bridgehead atoms. The number of β-lactam (4-membered cyclic amide) rings is 1. The number of hydrogen-bond donors (Lipinski definition) is 0. The molecule has 0 aliphatic carbocycles. The van der Waals surface area contributed by atoms with Crippen LogP contribution in [-0.2, 0) is 36.9 Å². The van der Waals surface area contributed by atoms with Gasteiger partial charge in [-0.2, -0.15) is 0 Å². The van der Waals surface area contributed by atoms with Gasteiger partial charge in [-0.25, -0.2) is 0 Å². The minimum absolute atomic E-state index is 0.121. The number of fused-ring (bicyclic) bond motifs is 1. The second-order valence-electron chi connectivity index (χ2n) is 9.92. The fraction of sp³-hybridized carbons (Fsp3) is 0.500. The van der Waals surface area contributed by atoms with Crippen LogP contribution in [0, 0.1) is 5.41 Å². The van der Waals surface area contributed by atoms with Crippen LogP contribution in [-0.4, -0.2) is 47.2 Å². The SMILES string of the molecule is CC1(C)O[C@H]2O[C@H]([C@H]3N(Cc4ccccc4)C(=O)C3(C)C)[C@H](OCc3ccccc3)[C@H]2O1. The quantitative estimate of drug-likeness (QED) is 0.642. The van der Waals surface area contributed by atoms with Crippen LogP contribution in [0.15, 0.2) is 60.7 Å². The van der Waals surface area contributed by atoms with Crippen molar-refractivity contribution in [3.63, 3.8) is 0 Å². The summed E-state index contributed by atoms with van der Waals surface area (Å²) in [4.78, 5) is 15.0. The van der Waals surface area contributed by atoms with Gasteiger partial charge in [0.25, 0.3) is 0 Å². The van der Waals surface area contributed by atoms with Gasteiger partial charge < -0.3 is 23.8 Å². The van der Waals surface area contributed by atoms with E-state index in [1.54, 1.807) is 0 Å². The highest BCUT2D eigenvalue weighted by molar-refractivity contribution is 5.89. The number of carbonyl (C=O) groups is 1. The summed E-state index contributed by atoms with van der Waals surface area (Å²) in [5.74, 6) is -0.612. The van der Waals surface area contributed by atoms with Crippen LogP contribution < -0.4 is 0 Å². The molecule has 0 aromatic heterocycles. The third-order valence-corrected chi connectivity index (χ3v) is 6.71. The molecule has 2 aromatic rings. The molecule has 170 valence electrons. The summed E-state index contributed by atoms with van der Waals surface area (Å²) in [7, 11) is 0. The Morgan fingerprint density at radius 1 is 0.875 bits per heavy atom. The standard InChI is InChI=1S/C26H31NO5/c1-25(2)22(27(24(25)28)15-17-11-7-5-8-12-17)20-19(29-16-18-13-9-6-10-14-18)21-23(30-20)32-26(3,4)31-21/h5-14,19-23H,15-16H2,1-4H3/t19-,20-,21+,22+,23+/m0/s1. The summed E-state index contributed by atoms with van der Waals surface area (Å²) in [5, 5.41) is 0. The van der Waals surface area contributed by atoms with Gasteiger partial charge in [-0.3, -0.25) is 4.79 Å². The molecule has 3 saturated heterocycles. The molecule has 3 aliphatic rings. The summed E-state index contributed by atoms with van der Waals surface area (Å²) in [6, 6.07) is 20.0. The van der Waals surface area contributed by atoms with E-state index in [1.165, 1.54) is 0 Å². The molecule has 6 nitrogen and oxygen atoms in total. The molecule has 1 amide bonds. The molecule has 5 atom stereocenters. The first-order chi connectivity index (χ1) is 15.3. The van der Waals surface area contributed by atoms with Crippen LogP contribution in [0.4, 0.5) is 0 Å². The number of nitrogens with zero attached hydrogens (tertiary/aromatic N) is 1. The van der Waals surface area contributed by atoms with Crippen LogP contribution in [0.1, 0.15) is 38.8 Å². The smallest absolute Gasteiger partial charge is 0.231 e. The molecule has 3 aliphatic heterocycles. The van der Waals surface area contributed by atoms with Gasteiger partial charge in [-0.1, -0.05) is 60.7 Å². The first-order valence-corrected chi connectivity index (χ1v) is 11.3. The van der Waals surface area contributed by atoms with Crippen molar-refractivity contribution < 1.29 is 23.7 Å². The average molecular weight is 438 g/mol. The van der Waals surface area contributed by atoms with Crippen molar-refractivity contribution in [2.24, 2.45) is 5.41 Å². The Morgan fingerprint density at radius 2 is 1.50 bits per heavy atom. The van der Waals surface area contributed by atoms with Gasteiger partial charge in [0.15, 0.2) is 12.1 Å². The van der Waals surface area contributed by atoms with Crippen molar-refractivity contribution in [3.05, 3.63) is 71.8 Å². The molecule has 0 unspecified atom stereocenters. The van der Waals surface area contributed by atoms with Crippen LogP contribution in [0.2, 0.25) is 0 Å². The van der Waals surface area contributed by atoms with Gasteiger partial charge in [0.05, 0.1) is 18.1 Å². The monoisotopic (exact) mass is 437 g/mol. The van der Waals surface area contributed by atoms with Gasteiger partial charge in [0.1, 0.15) is 18.3 Å². The molecule has 32 heavy (non-hydrogen) atoms. The van der Waals surface area contributed by atoms with Crippen LogP contribution >= 0.6 is 0 Å². The highest BCUT2D eigenvalue weighted by Gasteiger charge is 2.65. The van der Waals surface area contributed by atoms with E-state index >= 15 is 0 Å². The Morgan fingerprint density at radius 3 is 2.16 bits per heavy atom. The Labute approximate surface area is 189 Å². The van der Waals surface area contributed by atoms with Crippen LogP contribution in [0.5, 0.6) is 0 Å². The van der Waals surface area contributed by atoms with E-state index in [0.717, 1.165) is 11.1 Å². The van der Waals surface area contributed by atoms with Crippen molar-refractivity contribution in [1.82, 2.24) is 4.90 Å². The minimum atomic E-state index is -0.733. The molecule has 0 N–H and O–H groups in total. The number of benzene rings is 2. The molecular formula is C26H31NO5. The summed E-state index contributed by atoms with van der Waals surface area (Å²) in [5.41, 5.74) is 1.62. The number of ether oxygens (including phenoxy) is 4. The first-order valence-electron chi connectivity index (χ1n) is 11.3. The lowest BCUT2D eigenvalue weighted by Crippen LogP contribution is -2.71. The molecule has 5 rings (SSSR count). The Hall–Kier alpha value is -2.25. The highest BCUT2D eigenvalue weighted by Crippen LogP contribution is 2.49. The van der Waals surface area contributed by atoms with Crippen molar-refractivity contribution in [3.8, 4) is 0 Å². The van der Waals surface area contributed by atoms with E-state index in [4.69, 9.17) is 18.9 Å². The summed E-state index contributed by atoms with van der Waals surface area (Å²) < 4.78 is 25.1. The van der Waals surface area contributed by atoms with Gasteiger partial charge in [0, 0.05) is 6.54 Å². The van der Waals surface area contributed by atoms with Gasteiger partial charge in [0.2, 0.25) is 5.91 Å².